The van der Waals surface area contributed by atoms with Crippen molar-refractivity contribution in [2.75, 3.05) is 37.7 Å². The molecule has 1 aromatic carbocycles. The van der Waals surface area contributed by atoms with E-state index in [2.05, 4.69) is 28.2 Å². The third-order valence-electron chi connectivity index (χ3n) is 3.16. The summed E-state index contributed by atoms with van der Waals surface area (Å²) in [6, 6.07) is 7.43. The molecule has 0 atom stereocenters. The van der Waals surface area contributed by atoms with E-state index >= 15 is 0 Å². The van der Waals surface area contributed by atoms with Gasteiger partial charge in [-0.3, -0.25) is 9.59 Å². The first-order valence-electron chi connectivity index (χ1n) is 7.69. The third kappa shape index (κ3) is 8.63. The lowest BCUT2D eigenvalue weighted by Gasteiger charge is -2.23. The van der Waals surface area contributed by atoms with Crippen molar-refractivity contribution in [3.05, 3.63) is 28.7 Å². The fraction of sp³-hybridized carbons (Fsp3) is 0.500. The number of anilines is 1. The summed E-state index contributed by atoms with van der Waals surface area (Å²) in [4.78, 5) is 25.2. The molecule has 0 saturated carbocycles. The summed E-state index contributed by atoms with van der Waals surface area (Å²) < 4.78 is 6.47. The number of amides is 2. The van der Waals surface area contributed by atoms with Crippen LogP contribution in [0.2, 0.25) is 0 Å². The zero-order valence-electron chi connectivity index (χ0n) is 13.8. The Morgan fingerprint density at radius 3 is 2.50 bits per heavy atom. The normalized spacial score (nSPS) is 9.96. The van der Waals surface area contributed by atoms with Crippen LogP contribution in [0.4, 0.5) is 5.69 Å². The number of unbranched alkanes of at least 4 members (excludes halogenated alkanes) is 1. The van der Waals surface area contributed by atoms with Crippen molar-refractivity contribution in [3.63, 3.8) is 0 Å². The average molecular weight is 423 g/mol. The number of hydrogen-bond acceptors (Lipinski definition) is 4. The lowest BCUT2D eigenvalue weighted by atomic mass is 10.2. The fourth-order valence-electron chi connectivity index (χ4n) is 1.86. The number of rotatable bonds is 10. The maximum atomic E-state index is 12.4. The molecule has 0 aliphatic heterocycles. The van der Waals surface area contributed by atoms with Gasteiger partial charge in [0, 0.05) is 23.3 Å². The number of carbonyl (C=O) groups is 2. The second-order valence-electron chi connectivity index (χ2n) is 4.97. The Balaban J connectivity index is 0.00000529. The number of nitrogens with two attached hydrogens (primary N) is 1. The zero-order valence-corrected chi connectivity index (χ0v) is 16.2. The van der Waals surface area contributed by atoms with Crippen molar-refractivity contribution < 1.29 is 14.3 Å². The van der Waals surface area contributed by atoms with E-state index in [1.165, 1.54) is 0 Å². The topological polar surface area (TPSA) is 84.7 Å². The van der Waals surface area contributed by atoms with Gasteiger partial charge in [0.2, 0.25) is 11.8 Å². The van der Waals surface area contributed by atoms with Gasteiger partial charge in [-0.1, -0.05) is 29.3 Å². The van der Waals surface area contributed by atoms with Crippen LogP contribution in [0.25, 0.3) is 0 Å². The molecule has 0 aliphatic rings. The van der Waals surface area contributed by atoms with Crippen LogP contribution in [0.15, 0.2) is 28.7 Å². The van der Waals surface area contributed by atoms with E-state index in [9.17, 15) is 9.59 Å². The van der Waals surface area contributed by atoms with E-state index in [0.29, 0.717) is 19.8 Å². The van der Waals surface area contributed by atoms with Gasteiger partial charge in [-0.2, -0.15) is 0 Å². The SMILES string of the molecule is CCCCOCCN(C(=O)CNC(=O)CN)c1ccc(Br)cc1.Cl. The highest BCUT2D eigenvalue weighted by atomic mass is 79.9. The number of nitrogens with zero attached hydrogens (tertiary/aromatic N) is 1. The summed E-state index contributed by atoms with van der Waals surface area (Å²) in [5.41, 5.74) is 5.99. The Morgan fingerprint density at radius 1 is 1.25 bits per heavy atom. The van der Waals surface area contributed by atoms with Crippen LogP contribution < -0.4 is 16.0 Å². The van der Waals surface area contributed by atoms with Crippen molar-refractivity contribution in [3.8, 4) is 0 Å². The molecule has 0 fully saturated rings. The van der Waals surface area contributed by atoms with Gasteiger partial charge in [0.05, 0.1) is 19.7 Å². The lowest BCUT2D eigenvalue weighted by Crippen LogP contribution is -2.43. The van der Waals surface area contributed by atoms with Gasteiger partial charge in [0.25, 0.3) is 0 Å². The molecule has 24 heavy (non-hydrogen) atoms. The quantitative estimate of drug-likeness (QED) is 0.566. The minimum absolute atomic E-state index is 0. The predicted octanol–water partition coefficient (Wildman–Crippen LogP) is 2.10. The van der Waals surface area contributed by atoms with E-state index in [-0.39, 0.29) is 37.3 Å². The number of benzene rings is 1. The van der Waals surface area contributed by atoms with Gasteiger partial charge in [-0.05, 0) is 30.7 Å². The van der Waals surface area contributed by atoms with E-state index in [4.69, 9.17) is 10.5 Å². The van der Waals surface area contributed by atoms with Crippen LogP contribution in [0.3, 0.4) is 0 Å². The second-order valence-corrected chi connectivity index (χ2v) is 5.88. The largest absolute Gasteiger partial charge is 0.380 e. The van der Waals surface area contributed by atoms with Gasteiger partial charge in [-0.25, -0.2) is 0 Å². The molecule has 0 unspecified atom stereocenters. The molecule has 3 N–H and O–H groups in total. The summed E-state index contributed by atoms with van der Waals surface area (Å²) in [7, 11) is 0. The Morgan fingerprint density at radius 2 is 1.92 bits per heavy atom. The third-order valence-corrected chi connectivity index (χ3v) is 3.69. The molecule has 8 heteroatoms. The summed E-state index contributed by atoms with van der Waals surface area (Å²) in [6.45, 7) is 3.45. The van der Waals surface area contributed by atoms with Crippen molar-refractivity contribution in [1.82, 2.24) is 5.32 Å². The molecule has 0 aromatic heterocycles. The number of hydrogen-bond donors (Lipinski definition) is 2. The highest BCUT2D eigenvalue weighted by Gasteiger charge is 2.16. The summed E-state index contributed by atoms with van der Waals surface area (Å²) in [5, 5.41) is 2.50. The Labute approximate surface area is 157 Å². The van der Waals surface area contributed by atoms with E-state index in [1.54, 1.807) is 4.90 Å². The monoisotopic (exact) mass is 421 g/mol. The zero-order chi connectivity index (χ0) is 17.1. The van der Waals surface area contributed by atoms with Gasteiger partial charge in [0.15, 0.2) is 0 Å². The van der Waals surface area contributed by atoms with E-state index in [0.717, 1.165) is 23.0 Å². The Kier molecular flexibility index (Phi) is 12.5. The van der Waals surface area contributed by atoms with E-state index < -0.39 is 0 Å². The number of halogens is 2. The molecular weight excluding hydrogens is 398 g/mol. The lowest BCUT2D eigenvalue weighted by molar-refractivity contribution is -0.124. The highest BCUT2D eigenvalue weighted by molar-refractivity contribution is 9.10. The molecule has 136 valence electrons. The van der Waals surface area contributed by atoms with Crippen LogP contribution in [-0.2, 0) is 14.3 Å². The molecule has 6 nitrogen and oxygen atoms in total. The van der Waals surface area contributed by atoms with Gasteiger partial charge in [-0.15, -0.1) is 12.4 Å². The summed E-state index contributed by atoms with van der Waals surface area (Å²) >= 11 is 3.37. The first kappa shape index (κ1) is 22.9. The number of carbonyl (C=O) groups excluding carboxylic acids is 2. The standard InChI is InChI=1S/C16H24BrN3O3.ClH/c1-2-3-9-23-10-8-20(14-6-4-13(17)5-7-14)16(22)12-19-15(21)11-18;/h4-7H,2-3,8-12,18H2,1H3,(H,19,21);1H. The van der Waals surface area contributed by atoms with E-state index in [1.807, 2.05) is 24.3 Å². The van der Waals surface area contributed by atoms with Gasteiger partial charge < -0.3 is 20.7 Å². The molecular formula is C16H25BrClN3O3. The maximum absolute atomic E-state index is 12.4. The number of ether oxygens (including phenoxy) is 1. The van der Waals surface area contributed by atoms with Gasteiger partial charge >= 0.3 is 0 Å². The smallest absolute Gasteiger partial charge is 0.246 e. The molecule has 0 aliphatic carbocycles. The van der Waals surface area contributed by atoms with Crippen LogP contribution in [0.5, 0.6) is 0 Å². The molecule has 0 heterocycles. The molecule has 0 bridgehead atoms. The fourth-order valence-corrected chi connectivity index (χ4v) is 2.13. The van der Waals surface area contributed by atoms with Crippen molar-refractivity contribution in [1.29, 1.82) is 0 Å². The maximum Gasteiger partial charge on any atom is 0.246 e. The molecule has 2 amide bonds. The minimum atomic E-state index is -0.353. The van der Waals surface area contributed by atoms with Crippen LogP contribution >= 0.6 is 28.3 Å². The highest BCUT2D eigenvalue weighted by Crippen LogP contribution is 2.18. The average Bonchev–Trinajstić information content (AvgIpc) is 2.56. The molecule has 0 radical (unpaired) electrons. The van der Waals surface area contributed by atoms with Crippen molar-refractivity contribution in [2.24, 2.45) is 5.73 Å². The van der Waals surface area contributed by atoms with Gasteiger partial charge in [0.1, 0.15) is 0 Å². The minimum Gasteiger partial charge on any atom is -0.380 e. The molecule has 0 saturated heterocycles. The number of nitrogens with one attached hydrogen (secondary N) is 1. The van der Waals surface area contributed by atoms with Crippen LogP contribution in [0, 0.1) is 0 Å². The summed E-state index contributed by atoms with van der Waals surface area (Å²) in [6.07, 6.45) is 2.07. The van der Waals surface area contributed by atoms with Crippen LogP contribution in [-0.4, -0.2) is 44.7 Å². The second kappa shape index (κ2) is 13.2. The Bertz CT molecular complexity index is 500. The Hall–Kier alpha value is -1.15. The van der Waals surface area contributed by atoms with Crippen LogP contribution in [0.1, 0.15) is 19.8 Å². The molecule has 1 aromatic rings. The first-order valence-corrected chi connectivity index (χ1v) is 8.48. The molecule has 1 rings (SSSR count). The van der Waals surface area contributed by atoms with Crippen molar-refractivity contribution >= 4 is 45.8 Å². The molecule has 0 spiro atoms. The predicted molar refractivity (Wildman–Crippen MR) is 102 cm³/mol. The summed E-state index contributed by atoms with van der Waals surface area (Å²) in [5.74, 6) is -0.554. The van der Waals surface area contributed by atoms with Crippen molar-refractivity contribution in [2.45, 2.75) is 19.8 Å². The first-order chi connectivity index (χ1) is 11.1.